The van der Waals surface area contributed by atoms with Crippen LogP contribution in [0.3, 0.4) is 0 Å². The predicted molar refractivity (Wildman–Crippen MR) is 108 cm³/mol. The van der Waals surface area contributed by atoms with E-state index in [-0.39, 0.29) is 5.91 Å². The van der Waals surface area contributed by atoms with Gasteiger partial charge in [0.25, 0.3) is 0 Å². The van der Waals surface area contributed by atoms with Gasteiger partial charge in [-0.15, -0.1) is 21.5 Å². The maximum absolute atomic E-state index is 12.5. The summed E-state index contributed by atoms with van der Waals surface area (Å²) < 4.78 is 3.02. The molecule has 2 aromatic carbocycles. The van der Waals surface area contributed by atoms with Crippen molar-refractivity contribution >= 4 is 39.2 Å². The molecule has 2 aromatic heterocycles. The molecule has 4 aromatic rings. The van der Waals surface area contributed by atoms with Crippen molar-refractivity contribution < 1.29 is 4.79 Å². The van der Waals surface area contributed by atoms with E-state index < -0.39 is 0 Å². The Bertz CT molecular complexity index is 1030. The van der Waals surface area contributed by atoms with Crippen LogP contribution in [0.25, 0.3) is 15.9 Å². The van der Waals surface area contributed by atoms with Gasteiger partial charge in [-0.05, 0) is 24.3 Å². The Balaban J connectivity index is 1.39. The lowest BCUT2D eigenvalue weighted by atomic mass is 10.3. The number of amides is 1. The molecule has 0 spiro atoms. The molecule has 0 saturated carbocycles. The summed E-state index contributed by atoms with van der Waals surface area (Å²) in [6.45, 7) is 0.504. The van der Waals surface area contributed by atoms with E-state index in [1.807, 2.05) is 59.2 Å². The minimum Gasteiger partial charge on any atom is -0.338 e. The predicted octanol–water partition coefficient (Wildman–Crippen LogP) is 3.63. The molecule has 8 heteroatoms. The van der Waals surface area contributed by atoms with E-state index in [9.17, 15) is 4.79 Å². The highest BCUT2D eigenvalue weighted by Crippen LogP contribution is 2.23. The van der Waals surface area contributed by atoms with Crippen LogP contribution in [0.1, 0.15) is 5.01 Å². The number of thioether (sulfide) groups is 1. The summed E-state index contributed by atoms with van der Waals surface area (Å²) in [5, 5.41) is 9.74. The fourth-order valence-corrected chi connectivity index (χ4v) is 4.49. The molecule has 0 aliphatic heterocycles. The SMILES string of the molecule is CN(Cc1nc2ccccc2s1)C(=O)CSc1nncn1-c1ccccc1. The van der Waals surface area contributed by atoms with Crippen molar-refractivity contribution in [1.29, 1.82) is 0 Å². The number of benzene rings is 2. The molecule has 0 fully saturated rings. The summed E-state index contributed by atoms with van der Waals surface area (Å²) in [4.78, 5) is 18.8. The van der Waals surface area contributed by atoms with Crippen LogP contribution in [-0.2, 0) is 11.3 Å². The highest BCUT2D eigenvalue weighted by Gasteiger charge is 2.15. The van der Waals surface area contributed by atoms with Gasteiger partial charge in [0.05, 0.1) is 22.5 Å². The Morgan fingerprint density at radius 1 is 1.15 bits per heavy atom. The van der Waals surface area contributed by atoms with E-state index in [1.165, 1.54) is 11.8 Å². The number of rotatable bonds is 6. The first-order valence-corrected chi connectivity index (χ1v) is 10.2. The normalized spacial score (nSPS) is 11.0. The molecule has 0 aliphatic rings. The Morgan fingerprint density at radius 2 is 1.93 bits per heavy atom. The Morgan fingerprint density at radius 3 is 2.74 bits per heavy atom. The molecule has 0 atom stereocenters. The molecule has 27 heavy (non-hydrogen) atoms. The number of thiazole rings is 1. The molecule has 0 radical (unpaired) electrons. The first kappa shape index (κ1) is 17.7. The molecule has 0 bridgehead atoms. The first-order valence-electron chi connectivity index (χ1n) is 8.37. The van der Waals surface area contributed by atoms with Crippen molar-refractivity contribution in [2.75, 3.05) is 12.8 Å². The molecule has 0 N–H and O–H groups in total. The van der Waals surface area contributed by atoms with Crippen molar-refractivity contribution in [2.45, 2.75) is 11.7 Å². The maximum atomic E-state index is 12.5. The highest BCUT2D eigenvalue weighted by molar-refractivity contribution is 7.99. The lowest BCUT2D eigenvalue weighted by molar-refractivity contribution is -0.127. The van der Waals surface area contributed by atoms with Crippen molar-refractivity contribution in [2.24, 2.45) is 0 Å². The van der Waals surface area contributed by atoms with Crippen molar-refractivity contribution in [3.8, 4) is 5.69 Å². The number of nitrogens with zero attached hydrogens (tertiary/aromatic N) is 5. The van der Waals surface area contributed by atoms with Crippen LogP contribution in [0.5, 0.6) is 0 Å². The van der Waals surface area contributed by atoms with E-state index in [0.29, 0.717) is 17.5 Å². The molecule has 6 nitrogen and oxygen atoms in total. The number of carbonyl (C=O) groups is 1. The molecule has 136 valence electrons. The smallest absolute Gasteiger partial charge is 0.233 e. The number of aromatic nitrogens is 4. The maximum Gasteiger partial charge on any atom is 0.233 e. The third-order valence-electron chi connectivity index (χ3n) is 4.01. The van der Waals surface area contributed by atoms with Gasteiger partial charge in [0.2, 0.25) is 5.91 Å². The van der Waals surface area contributed by atoms with Crippen molar-refractivity contribution in [3.63, 3.8) is 0 Å². The topological polar surface area (TPSA) is 63.9 Å². The van der Waals surface area contributed by atoms with Gasteiger partial charge in [-0.3, -0.25) is 9.36 Å². The van der Waals surface area contributed by atoms with Gasteiger partial charge in [0.15, 0.2) is 5.16 Å². The fourth-order valence-electron chi connectivity index (χ4n) is 2.60. The van der Waals surface area contributed by atoms with Gasteiger partial charge >= 0.3 is 0 Å². The molecule has 0 saturated heterocycles. The van der Waals surface area contributed by atoms with Gasteiger partial charge < -0.3 is 4.90 Å². The van der Waals surface area contributed by atoms with E-state index in [2.05, 4.69) is 15.2 Å². The number of hydrogen-bond acceptors (Lipinski definition) is 6. The lowest BCUT2D eigenvalue weighted by Gasteiger charge is -2.15. The van der Waals surface area contributed by atoms with Crippen LogP contribution < -0.4 is 0 Å². The molecule has 4 rings (SSSR count). The third kappa shape index (κ3) is 4.01. The number of fused-ring (bicyclic) bond motifs is 1. The van der Waals surface area contributed by atoms with Crippen LogP contribution >= 0.6 is 23.1 Å². The molecule has 1 amide bonds. The largest absolute Gasteiger partial charge is 0.338 e. The first-order chi connectivity index (χ1) is 13.2. The fraction of sp³-hybridized carbons (Fsp3) is 0.158. The summed E-state index contributed by atoms with van der Waals surface area (Å²) in [6.07, 6.45) is 1.66. The summed E-state index contributed by atoms with van der Waals surface area (Å²) in [5.41, 5.74) is 1.95. The second kappa shape index (κ2) is 7.89. The summed E-state index contributed by atoms with van der Waals surface area (Å²) in [7, 11) is 1.80. The average molecular weight is 396 g/mol. The molecular weight excluding hydrogens is 378 g/mol. The van der Waals surface area contributed by atoms with Gasteiger partial charge in [-0.2, -0.15) is 0 Å². The lowest BCUT2D eigenvalue weighted by Crippen LogP contribution is -2.27. The van der Waals surface area contributed by atoms with Gasteiger partial charge in [0, 0.05) is 12.7 Å². The highest BCUT2D eigenvalue weighted by atomic mass is 32.2. The standard InChI is InChI=1S/C19H17N5OS2/c1-23(11-17-21-15-9-5-6-10-16(15)27-17)18(25)12-26-19-22-20-13-24(19)14-7-3-2-4-8-14/h2-10,13H,11-12H2,1H3. The zero-order chi connectivity index (χ0) is 18.6. The zero-order valence-electron chi connectivity index (χ0n) is 14.6. The Labute approximate surface area is 164 Å². The summed E-state index contributed by atoms with van der Waals surface area (Å²) in [5.74, 6) is 0.328. The zero-order valence-corrected chi connectivity index (χ0v) is 16.3. The van der Waals surface area contributed by atoms with Crippen LogP contribution in [0.15, 0.2) is 66.1 Å². The molecule has 0 aliphatic carbocycles. The van der Waals surface area contributed by atoms with E-state index in [4.69, 9.17) is 0 Å². The molecule has 2 heterocycles. The quantitative estimate of drug-likeness (QED) is 0.467. The van der Waals surface area contributed by atoms with Crippen LogP contribution in [0.2, 0.25) is 0 Å². The average Bonchev–Trinajstić information content (AvgIpc) is 3.32. The minimum atomic E-state index is 0.0295. The van der Waals surface area contributed by atoms with Crippen LogP contribution in [0, 0.1) is 0 Å². The third-order valence-corrected chi connectivity index (χ3v) is 5.96. The van der Waals surface area contributed by atoms with Gasteiger partial charge in [-0.1, -0.05) is 42.1 Å². The van der Waals surface area contributed by atoms with Gasteiger partial charge in [-0.25, -0.2) is 4.98 Å². The number of hydrogen-bond donors (Lipinski definition) is 0. The van der Waals surface area contributed by atoms with Gasteiger partial charge in [0.1, 0.15) is 11.3 Å². The Hall–Kier alpha value is -2.71. The van der Waals surface area contributed by atoms with E-state index in [1.54, 1.807) is 29.6 Å². The second-order valence-corrected chi connectivity index (χ2v) is 7.99. The number of para-hydroxylation sites is 2. The van der Waals surface area contributed by atoms with Crippen molar-refractivity contribution in [1.82, 2.24) is 24.6 Å². The second-order valence-electron chi connectivity index (χ2n) is 5.93. The van der Waals surface area contributed by atoms with Crippen LogP contribution in [0.4, 0.5) is 0 Å². The molecular formula is C19H17N5OS2. The van der Waals surface area contributed by atoms with E-state index in [0.717, 1.165) is 20.9 Å². The van der Waals surface area contributed by atoms with Crippen LogP contribution in [-0.4, -0.2) is 43.4 Å². The number of carbonyl (C=O) groups excluding carboxylic acids is 1. The Kier molecular flexibility index (Phi) is 5.17. The minimum absolute atomic E-state index is 0.0295. The summed E-state index contributed by atoms with van der Waals surface area (Å²) in [6, 6.07) is 17.8. The summed E-state index contributed by atoms with van der Waals surface area (Å²) >= 11 is 3.00. The van der Waals surface area contributed by atoms with Crippen molar-refractivity contribution in [3.05, 3.63) is 65.9 Å². The van der Waals surface area contributed by atoms with E-state index >= 15 is 0 Å². The molecule has 0 unspecified atom stereocenters. The monoisotopic (exact) mass is 395 g/mol.